The van der Waals surface area contributed by atoms with Gasteiger partial charge in [0.25, 0.3) is 0 Å². The highest BCUT2D eigenvalue weighted by Crippen LogP contribution is 2.21. The first-order valence-electron chi connectivity index (χ1n) is 7.30. The van der Waals surface area contributed by atoms with E-state index in [0.717, 1.165) is 31.2 Å². The Morgan fingerprint density at radius 1 is 1.14 bits per heavy atom. The van der Waals surface area contributed by atoms with Crippen LogP contribution in [0.15, 0.2) is 66.7 Å². The predicted molar refractivity (Wildman–Crippen MR) is 92.7 cm³/mol. The van der Waals surface area contributed by atoms with E-state index in [-0.39, 0.29) is 0 Å². The number of benzene rings is 1. The number of hydrogen-bond acceptors (Lipinski definition) is 3. The van der Waals surface area contributed by atoms with Crippen LogP contribution in [0.4, 0.5) is 0 Å². The number of nitrogens with zero attached hydrogens (tertiary/aromatic N) is 2. The third kappa shape index (κ3) is 3.72. The van der Waals surface area contributed by atoms with Gasteiger partial charge in [-0.15, -0.1) is 17.9 Å². The van der Waals surface area contributed by atoms with Crippen molar-refractivity contribution in [3.05, 3.63) is 78.0 Å². The smallest absolute Gasteiger partial charge is 0.147 e. The number of imidazole rings is 1. The van der Waals surface area contributed by atoms with Crippen molar-refractivity contribution in [2.24, 2.45) is 0 Å². The summed E-state index contributed by atoms with van der Waals surface area (Å²) in [5.41, 5.74) is 2.43. The summed E-state index contributed by atoms with van der Waals surface area (Å²) in [7, 11) is 0. The van der Waals surface area contributed by atoms with Crippen molar-refractivity contribution in [2.75, 3.05) is 6.54 Å². The first-order chi connectivity index (χ1) is 10.8. The van der Waals surface area contributed by atoms with Gasteiger partial charge in [-0.25, -0.2) is 4.98 Å². The zero-order valence-corrected chi connectivity index (χ0v) is 13.2. The Labute approximate surface area is 135 Å². The van der Waals surface area contributed by atoms with Gasteiger partial charge in [0.15, 0.2) is 0 Å². The summed E-state index contributed by atoms with van der Waals surface area (Å²) >= 11 is 1.70. The molecule has 0 aliphatic carbocycles. The highest BCUT2D eigenvalue weighted by molar-refractivity contribution is 7.13. The Morgan fingerprint density at radius 3 is 2.73 bits per heavy atom. The number of aromatic amines is 1. The lowest BCUT2D eigenvalue weighted by Crippen LogP contribution is -2.23. The summed E-state index contributed by atoms with van der Waals surface area (Å²) in [6, 6.07) is 14.6. The monoisotopic (exact) mass is 309 g/mol. The molecule has 2 heterocycles. The third-order valence-corrected chi connectivity index (χ3v) is 4.29. The first kappa shape index (κ1) is 14.8. The summed E-state index contributed by atoms with van der Waals surface area (Å²) in [6.07, 6.45) is 3.87. The molecule has 0 saturated heterocycles. The number of rotatable bonds is 7. The SMILES string of the molecule is C=CCN(Cc1ccccc1)Cc1cnc(-c2cccs2)[nH]1. The van der Waals surface area contributed by atoms with Gasteiger partial charge >= 0.3 is 0 Å². The van der Waals surface area contributed by atoms with Crippen molar-refractivity contribution < 1.29 is 0 Å². The normalized spacial score (nSPS) is 11.0. The van der Waals surface area contributed by atoms with Crippen molar-refractivity contribution in [1.82, 2.24) is 14.9 Å². The number of hydrogen-bond donors (Lipinski definition) is 1. The molecule has 0 amide bonds. The van der Waals surface area contributed by atoms with E-state index in [9.17, 15) is 0 Å². The van der Waals surface area contributed by atoms with Crippen LogP contribution >= 0.6 is 11.3 Å². The lowest BCUT2D eigenvalue weighted by atomic mass is 10.2. The molecule has 1 N–H and O–H groups in total. The van der Waals surface area contributed by atoms with Gasteiger partial charge in [-0.3, -0.25) is 4.90 Å². The van der Waals surface area contributed by atoms with Gasteiger partial charge < -0.3 is 4.98 Å². The summed E-state index contributed by atoms with van der Waals surface area (Å²) < 4.78 is 0. The maximum absolute atomic E-state index is 4.48. The molecule has 22 heavy (non-hydrogen) atoms. The second-order valence-corrected chi connectivity index (χ2v) is 6.13. The number of aromatic nitrogens is 2. The Hall–Kier alpha value is -2.17. The van der Waals surface area contributed by atoms with Gasteiger partial charge in [-0.2, -0.15) is 0 Å². The predicted octanol–water partition coefficient (Wildman–Crippen LogP) is 4.33. The fourth-order valence-corrected chi connectivity index (χ4v) is 3.10. The highest BCUT2D eigenvalue weighted by atomic mass is 32.1. The molecule has 2 aromatic heterocycles. The van der Waals surface area contributed by atoms with Crippen LogP contribution < -0.4 is 0 Å². The van der Waals surface area contributed by atoms with Crippen molar-refractivity contribution in [3.8, 4) is 10.7 Å². The van der Waals surface area contributed by atoms with E-state index in [1.165, 1.54) is 10.4 Å². The summed E-state index contributed by atoms with van der Waals surface area (Å²) in [5, 5.41) is 2.07. The fraction of sp³-hybridized carbons (Fsp3) is 0.167. The highest BCUT2D eigenvalue weighted by Gasteiger charge is 2.09. The summed E-state index contributed by atoms with van der Waals surface area (Å²) in [6.45, 7) is 6.45. The maximum atomic E-state index is 4.48. The summed E-state index contributed by atoms with van der Waals surface area (Å²) in [5.74, 6) is 0.947. The molecule has 0 spiro atoms. The molecule has 0 aliphatic rings. The molecule has 0 aliphatic heterocycles. The second kappa shape index (κ2) is 7.20. The Bertz CT molecular complexity index is 701. The standard InChI is InChI=1S/C18H19N3S/c1-2-10-21(13-15-7-4-3-5-8-15)14-16-12-19-18(20-16)17-9-6-11-22-17/h2-9,11-12H,1,10,13-14H2,(H,19,20). The van der Waals surface area contributed by atoms with Crippen LogP contribution in [-0.4, -0.2) is 21.4 Å². The molecule has 4 heteroatoms. The molecule has 0 bridgehead atoms. The molecule has 0 saturated carbocycles. The van der Waals surface area contributed by atoms with Crippen LogP contribution in [0, 0.1) is 0 Å². The zero-order chi connectivity index (χ0) is 15.2. The van der Waals surface area contributed by atoms with Crippen LogP contribution in [-0.2, 0) is 13.1 Å². The molecule has 112 valence electrons. The maximum Gasteiger partial charge on any atom is 0.147 e. The second-order valence-electron chi connectivity index (χ2n) is 5.18. The van der Waals surface area contributed by atoms with E-state index in [1.807, 2.05) is 24.4 Å². The van der Waals surface area contributed by atoms with Crippen molar-refractivity contribution in [3.63, 3.8) is 0 Å². The van der Waals surface area contributed by atoms with Crippen molar-refractivity contribution >= 4 is 11.3 Å². The van der Waals surface area contributed by atoms with E-state index < -0.39 is 0 Å². The minimum Gasteiger partial charge on any atom is -0.340 e. The lowest BCUT2D eigenvalue weighted by molar-refractivity contribution is 0.283. The van der Waals surface area contributed by atoms with Gasteiger partial charge in [0.1, 0.15) is 5.82 Å². The molecule has 0 atom stereocenters. The largest absolute Gasteiger partial charge is 0.340 e. The molecule has 0 unspecified atom stereocenters. The van der Waals surface area contributed by atoms with Crippen LogP contribution in [0.3, 0.4) is 0 Å². The Kier molecular flexibility index (Phi) is 4.83. The van der Waals surface area contributed by atoms with Gasteiger partial charge in [-0.1, -0.05) is 42.5 Å². The molecule has 3 rings (SSSR count). The zero-order valence-electron chi connectivity index (χ0n) is 12.4. The minimum absolute atomic E-state index is 0.833. The minimum atomic E-state index is 0.833. The molecule has 3 aromatic rings. The van der Waals surface area contributed by atoms with Crippen LogP contribution in [0.1, 0.15) is 11.3 Å². The molecule has 0 fully saturated rings. The van der Waals surface area contributed by atoms with E-state index in [2.05, 4.69) is 57.2 Å². The van der Waals surface area contributed by atoms with E-state index in [0.29, 0.717) is 0 Å². The Morgan fingerprint density at radius 2 is 2.00 bits per heavy atom. The molecule has 0 radical (unpaired) electrons. The van der Waals surface area contributed by atoms with Crippen LogP contribution in [0.2, 0.25) is 0 Å². The average Bonchev–Trinajstić information content (AvgIpc) is 3.19. The van der Waals surface area contributed by atoms with Crippen molar-refractivity contribution in [1.29, 1.82) is 0 Å². The Balaban J connectivity index is 1.69. The third-order valence-electron chi connectivity index (χ3n) is 3.41. The van der Waals surface area contributed by atoms with Crippen LogP contribution in [0.25, 0.3) is 10.7 Å². The van der Waals surface area contributed by atoms with Gasteiger partial charge in [-0.05, 0) is 17.0 Å². The van der Waals surface area contributed by atoms with E-state index in [4.69, 9.17) is 0 Å². The molecule has 3 nitrogen and oxygen atoms in total. The first-order valence-corrected chi connectivity index (χ1v) is 8.18. The number of thiophene rings is 1. The van der Waals surface area contributed by atoms with Gasteiger partial charge in [0, 0.05) is 31.5 Å². The quantitative estimate of drug-likeness (QED) is 0.659. The topological polar surface area (TPSA) is 31.9 Å². The van der Waals surface area contributed by atoms with Gasteiger partial charge in [0.05, 0.1) is 4.88 Å². The number of H-pyrrole nitrogens is 1. The molecular formula is C18H19N3S. The van der Waals surface area contributed by atoms with Gasteiger partial charge in [0.2, 0.25) is 0 Å². The average molecular weight is 309 g/mol. The van der Waals surface area contributed by atoms with E-state index in [1.54, 1.807) is 11.3 Å². The number of nitrogens with one attached hydrogen (secondary N) is 1. The fourth-order valence-electron chi connectivity index (χ4n) is 2.43. The molecular weight excluding hydrogens is 290 g/mol. The van der Waals surface area contributed by atoms with E-state index >= 15 is 0 Å². The molecule has 1 aromatic carbocycles. The van der Waals surface area contributed by atoms with Crippen molar-refractivity contribution in [2.45, 2.75) is 13.1 Å². The lowest BCUT2D eigenvalue weighted by Gasteiger charge is -2.19. The van der Waals surface area contributed by atoms with Crippen LogP contribution in [0.5, 0.6) is 0 Å². The summed E-state index contributed by atoms with van der Waals surface area (Å²) in [4.78, 5) is 11.4.